The molecule has 0 saturated heterocycles. The van der Waals surface area contributed by atoms with Crippen molar-refractivity contribution in [2.24, 2.45) is 4.99 Å². The molecule has 1 heterocycles. The van der Waals surface area contributed by atoms with Crippen LogP contribution in [0.2, 0.25) is 0 Å². The molecule has 0 aliphatic heterocycles. The molecule has 2 N–H and O–H groups in total. The maximum atomic E-state index is 4.70. The van der Waals surface area contributed by atoms with Gasteiger partial charge >= 0.3 is 0 Å². The summed E-state index contributed by atoms with van der Waals surface area (Å²) in [6.45, 7) is 9.21. The van der Waals surface area contributed by atoms with E-state index in [1.165, 1.54) is 24.1 Å². The van der Waals surface area contributed by atoms with Crippen LogP contribution in [-0.4, -0.2) is 47.7 Å². The number of nitrogens with one attached hydrogen (secondary N) is 2. The van der Waals surface area contributed by atoms with Gasteiger partial charge in [-0.2, -0.15) is 5.10 Å². The second-order valence-electron chi connectivity index (χ2n) is 5.13. The van der Waals surface area contributed by atoms with Gasteiger partial charge in [-0.3, -0.25) is 10.1 Å². The maximum Gasteiger partial charge on any atom is 0.193 e. The van der Waals surface area contributed by atoms with E-state index in [1.807, 2.05) is 6.20 Å². The smallest absolute Gasteiger partial charge is 0.193 e. The summed E-state index contributed by atoms with van der Waals surface area (Å²) in [5, 5.41) is 10.4. The second kappa shape index (κ2) is 9.39. The first kappa shape index (κ1) is 16.5. The summed E-state index contributed by atoms with van der Waals surface area (Å²) in [5.74, 6) is 1.02. The lowest BCUT2D eigenvalue weighted by Gasteiger charge is -2.21. The molecule has 0 aliphatic rings. The minimum absolute atomic E-state index is 0.851. The van der Waals surface area contributed by atoms with Crippen LogP contribution in [0.1, 0.15) is 44.4 Å². The van der Waals surface area contributed by atoms with Crippen LogP contribution in [0.15, 0.2) is 11.2 Å². The average molecular weight is 279 g/mol. The Balaban J connectivity index is 2.40. The van der Waals surface area contributed by atoms with E-state index in [4.69, 9.17) is 4.99 Å². The molecular formula is C15H29N5. The number of hydrogen-bond donors (Lipinski definition) is 2. The lowest BCUT2D eigenvalue weighted by Crippen LogP contribution is -2.39. The van der Waals surface area contributed by atoms with E-state index in [2.05, 4.69) is 48.2 Å². The zero-order chi connectivity index (χ0) is 14.8. The quantitative estimate of drug-likeness (QED) is 0.436. The number of unbranched alkanes of at least 4 members (excludes halogenated alkanes) is 1. The van der Waals surface area contributed by atoms with Gasteiger partial charge in [-0.25, -0.2) is 0 Å². The molecule has 1 aromatic heterocycles. The average Bonchev–Trinajstić information content (AvgIpc) is 2.85. The Morgan fingerprint density at radius 3 is 2.80 bits per heavy atom. The molecule has 20 heavy (non-hydrogen) atoms. The van der Waals surface area contributed by atoms with Gasteiger partial charge in [-0.15, -0.1) is 0 Å². The van der Waals surface area contributed by atoms with Crippen molar-refractivity contribution in [3.05, 3.63) is 17.5 Å². The highest BCUT2D eigenvalue weighted by Crippen LogP contribution is 2.05. The van der Waals surface area contributed by atoms with Crippen molar-refractivity contribution in [2.75, 3.05) is 26.7 Å². The monoisotopic (exact) mass is 279 g/mol. The minimum Gasteiger partial charge on any atom is -0.357 e. The van der Waals surface area contributed by atoms with Crippen LogP contribution in [0.4, 0.5) is 0 Å². The van der Waals surface area contributed by atoms with Crippen molar-refractivity contribution < 1.29 is 0 Å². The summed E-state index contributed by atoms with van der Waals surface area (Å²) in [6, 6.07) is 0. The number of aliphatic imine (C=N–C) groups is 1. The van der Waals surface area contributed by atoms with Crippen molar-refractivity contribution in [3.63, 3.8) is 0 Å². The fourth-order valence-electron chi connectivity index (χ4n) is 2.05. The van der Waals surface area contributed by atoms with Gasteiger partial charge in [0.1, 0.15) is 0 Å². The Labute approximate surface area is 122 Å². The van der Waals surface area contributed by atoms with Gasteiger partial charge in [0, 0.05) is 32.4 Å². The Kier molecular flexibility index (Phi) is 7.77. The first-order chi connectivity index (χ1) is 9.69. The van der Waals surface area contributed by atoms with E-state index in [9.17, 15) is 0 Å². The summed E-state index contributed by atoms with van der Waals surface area (Å²) >= 11 is 0. The molecule has 0 unspecified atom stereocenters. The molecule has 0 atom stereocenters. The van der Waals surface area contributed by atoms with Gasteiger partial charge in [0.15, 0.2) is 5.96 Å². The molecule has 0 aliphatic carbocycles. The summed E-state index contributed by atoms with van der Waals surface area (Å²) < 4.78 is 0. The molecule has 114 valence electrons. The SMILES string of the molecule is CCCCN(C)C(=NCCCc1cn[nH]c1C)NCC. The van der Waals surface area contributed by atoms with Crippen molar-refractivity contribution in [3.8, 4) is 0 Å². The lowest BCUT2D eigenvalue weighted by atomic mass is 10.1. The van der Waals surface area contributed by atoms with Gasteiger partial charge in [0.05, 0.1) is 6.20 Å². The molecule has 0 fully saturated rings. The van der Waals surface area contributed by atoms with Crippen LogP contribution in [0.25, 0.3) is 0 Å². The molecule has 5 heteroatoms. The number of nitrogens with zero attached hydrogens (tertiary/aromatic N) is 3. The number of rotatable bonds is 8. The number of aromatic nitrogens is 2. The van der Waals surface area contributed by atoms with Crippen molar-refractivity contribution in [2.45, 2.75) is 46.5 Å². The highest BCUT2D eigenvalue weighted by atomic mass is 15.3. The molecule has 5 nitrogen and oxygen atoms in total. The summed E-state index contributed by atoms with van der Waals surface area (Å²) in [7, 11) is 2.11. The first-order valence-electron chi connectivity index (χ1n) is 7.67. The van der Waals surface area contributed by atoms with Gasteiger partial charge in [0.25, 0.3) is 0 Å². The Bertz CT molecular complexity index is 397. The highest BCUT2D eigenvalue weighted by molar-refractivity contribution is 5.79. The Morgan fingerprint density at radius 1 is 1.40 bits per heavy atom. The molecule has 0 radical (unpaired) electrons. The van der Waals surface area contributed by atoms with E-state index in [-0.39, 0.29) is 0 Å². The third-order valence-corrected chi connectivity index (χ3v) is 3.34. The topological polar surface area (TPSA) is 56.3 Å². The van der Waals surface area contributed by atoms with Crippen molar-refractivity contribution in [1.29, 1.82) is 0 Å². The van der Waals surface area contributed by atoms with E-state index in [1.54, 1.807) is 0 Å². The predicted molar refractivity (Wildman–Crippen MR) is 85.2 cm³/mol. The number of hydrogen-bond acceptors (Lipinski definition) is 2. The first-order valence-corrected chi connectivity index (χ1v) is 7.67. The largest absolute Gasteiger partial charge is 0.357 e. The van der Waals surface area contributed by atoms with Crippen molar-refractivity contribution >= 4 is 5.96 Å². The predicted octanol–water partition coefficient (Wildman–Crippen LogP) is 2.35. The lowest BCUT2D eigenvalue weighted by molar-refractivity contribution is 0.464. The molecule has 1 aromatic rings. The van der Waals surface area contributed by atoms with Crippen LogP contribution in [-0.2, 0) is 6.42 Å². The van der Waals surface area contributed by atoms with E-state index < -0.39 is 0 Å². The molecule has 0 saturated carbocycles. The van der Waals surface area contributed by atoms with Crippen LogP contribution in [0.5, 0.6) is 0 Å². The molecule has 0 aromatic carbocycles. The molecule has 0 bridgehead atoms. The summed E-state index contributed by atoms with van der Waals surface area (Å²) in [6.07, 6.45) is 6.41. The second-order valence-corrected chi connectivity index (χ2v) is 5.13. The van der Waals surface area contributed by atoms with Crippen LogP contribution in [0, 0.1) is 6.92 Å². The van der Waals surface area contributed by atoms with Crippen LogP contribution < -0.4 is 5.32 Å². The molecule has 0 amide bonds. The normalized spacial score (nSPS) is 11.7. The summed E-state index contributed by atoms with van der Waals surface area (Å²) in [4.78, 5) is 6.91. The van der Waals surface area contributed by atoms with Gasteiger partial charge in [0.2, 0.25) is 0 Å². The van der Waals surface area contributed by atoms with Gasteiger partial charge < -0.3 is 10.2 Å². The number of aryl methyl sites for hydroxylation is 2. The third-order valence-electron chi connectivity index (χ3n) is 3.34. The van der Waals surface area contributed by atoms with Gasteiger partial charge in [-0.1, -0.05) is 13.3 Å². The zero-order valence-electron chi connectivity index (χ0n) is 13.4. The highest BCUT2D eigenvalue weighted by Gasteiger charge is 2.04. The summed E-state index contributed by atoms with van der Waals surface area (Å²) in [5.41, 5.74) is 2.46. The van der Waals surface area contributed by atoms with Gasteiger partial charge in [-0.05, 0) is 38.7 Å². The van der Waals surface area contributed by atoms with Crippen LogP contribution >= 0.6 is 0 Å². The number of H-pyrrole nitrogens is 1. The molecular weight excluding hydrogens is 250 g/mol. The number of guanidine groups is 1. The van der Waals surface area contributed by atoms with Crippen molar-refractivity contribution in [1.82, 2.24) is 20.4 Å². The fraction of sp³-hybridized carbons (Fsp3) is 0.733. The fourth-order valence-corrected chi connectivity index (χ4v) is 2.05. The molecule has 1 rings (SSSR count). The Hall–Kier alpha value is -1.52. The number of aromatic amines is 1. The van der Waals surface area contributed by atoms with E-state index in [0.717, 1.165) is 38.4 Å². The zero-order valence-corrected chi connectivity index (χ0v) is 13.4. The maximum absolute atomic E-state index is 4.70. The standard InChI is InChI=1S/C15H29N5/c1-5-7-11-20(4)15(16-6-2)17-10-8-9-14-12-18-19-13(14)3/h12H,5-11H2,1-4H3,(H,16,17)(H,18,19). The van der Waals surface area contributed by atoms with E-state index >= 15 is 0 Å². The molecule has 0 spiro atoms. The minimum atomic E-state index is 0.851. The van der Waals surface area contributed by atoms with Crippen LogP contribution in [0.3, 0.4) is 0 Å². The third kappa shape index (κ3) is 5.63. The Morgan fingerprint density at radius 2 is 2.20 bits per heavy atom. The van der Waals surface area contributed by atoms with E-state index in [0.29, 0.717) is 0 Å².